The van der Waals surface area contributed by atoms with E-state index in [4.69, 9.17) is 13.9 Å². The summed E-state index contributed by atoms with van der Waals surface area (Å²) in [6, 6.07) is 30.6. The quantitative estimate of drug-likeness (QED) is 0.0789. The van der Waals surface area contributed by atoms with Gasteiger partial charge in [0.25, 0.3) is 5.22 Å². The highest BCUT2D eigenvalue weighted by molar-refractivity contribution is 7.99. The summed E-state index contributed by atoms with van der Waals surface area (Å²) in [5.74, 6) is 0.408. The second-order valence-electron chi connectivity index (χ2n) is 12.5. The number of thioether (sulfide) groups is 1. The second kappa shape index (κ2) is 17.9. The minimum atomic E-state index is -1.40. The summed E-state index contributed by atoms with van der Waals surface area (Å²) < 4.78 is 17.4. The van der Waals surface area contributed by atoms with Gasteiger partial charge in [-0.2, -0.15) is 0 Å². The molecule has 1 saturated heterocycles. The Labute approximate surface area is 306 Å². The first-order valence-corrected chi connectivity index (χ1v) is 18.1. The average molecular weight is 723 g/mol. The van der Waals surface area contributed by atoms with Crippen molar-refractivity contribution in [3.63, 3.8) is 0 Å². The second-order valence-corrected chi connectivity index (χ2v) is 13.5. The molecule has 52 heavy (non-hydrogen) atoms. The molecule has 3 heterocycles. The Balaban J connectivity index is 1.14. The first kappa shape index (κ1) is 36.7. The van der Waals surface area contributed by atoms with Gasteiger partial charge < -0.3 is 39.7 Å². The Morgan fingerprint density at radius 3 is 2.38 bits per heavy atom. The number of alkyl carbamates (subject to hydrolysis) is 1. The SMILES string of the molecule is COC(=O)NC(C=O)(CNc1ccccc1CCC1CNC(CO)C(CSc2nnc(-c3ccncc3)o2)O1)C(c1ccccc1)c1ccccc1. The highest BCUT2D eigenvalue weighted by Crippen LogP contribution is 2.35. The van der Waals surface area contributed by atoms with Gasteiger partial charge >= 0.3 is 6.09 Å². The zero-order valence-corrected chi connectivity index (χ0v) is 29.6. The van der Waals surface area contributed by atoms with E-state index in [0.717, 1.165) is 34.2 Å². The first-order valence-electron chi connectivity index (χ1n) is 17.1. The van der Waals surface area contributed by atoms with Gasteiger partial charge in [-0.05, 0) is 47.7 Å². The van der Waals surface area contributed by atoms with Gasteiger partial charge in [-0.3, -0.25) is 4.98 Å². The van der Waals surface area contributed by atoms with Crippen LogP contribution in [0.2, 0.25) is 0 Å². The van der Waals surface area contributed by atoms with Crippen LogP contribution in [0.15, 0.2) is 119 Å². The summed E-state index contributed by atoms with van der Waals surface area (Å²) in [7, 11) is 1.28. The predicted octanol–water partition coefficient (Wildman–Crippen LogP) is 5.11. The molecule has 0 saturated carbocycles. The smallest absolute Gasteiger partial charge is 0.407 e. The molecule has 2 aromatic heterocycles. The maximum atomic E-state index is 13.2. The number of aryl methyl sites for hydroxylation is 1. The van der Waals surface area contributed by atoms with Gasteiger partial charge in [-0.1, -0.05) is 90.6 Å². The number of para-hydroxylation sites is 1. The van der Waals surface area contributed by atoms with Crippen LogP contribution in [0, 0.1) is 0 Å². The molecule has 270 valence electrons. The summed E-state index contributed by atoms with van der Waals surface area (Å²) in [6.07, 6.45) is 4.41. The molecular weight excluding hydrogens is 681 g/mol. The van der Waals surface area contributed by atoms with E-state index in [1.807, 2.05) is 84.9 Å². The third kappa shape index (κ3) is 9.04. The maximum Gasteiger partial charge on any atom is 0.407 e. The number of pyridine rings is 1. The van der Waals surface area contributed by atoms with Gasteiger partial charge in [-0.25, -0.2) is 4.79 Å². The number of methoxy groups -OCH3 is 1. The van der Waals surface area contributed by atoms with Crippen molar-refractivity contribution in [2.45, 2.75) is 47.8 Å². The molecule has 0 aliphatic carbocycles. The van der Waals surface area contributed by atoms with E-state index in [-0.39, 0.29) is 31.4 Å². The number of hydrogen-bond acceptors (Lipinski definition) is 12. The molecule has 12 nitrogen and oxygen atoms in total. The van der Waals surface area contributed by atoms with E-state index in [2.05, 4.69) is 31.1 Å². The molecule has 3 aromatic carbocycles. The molecule has 1 amide bonds. The molecule has 1 aliphatic heterocycles. The summed E-state index contributed by atoms with van der Waals surface area (Å²) >= 11 is 1.39. The van der Waals surface area contributed by atoms with E-state index in [1.54, 1.807) is 24.5 Å². The van der Waals surface area contributed by atoms with E-state index >= 15 is 0 Å². The van der Waals surface area contributed by atoms with Crippen LogP contribution in [0.3, 0.4) is 0 Å². The Kier molecular flexibility index (Phi) is 12.6. The number of aliphatic hydroxyl groups is 1. The van der Waals surface area contributed by atoms with Gasteiger partial charge in [0.15, 0.2) is 0 Å². The van der Waals surface area contributed by atoms with Crippen LogP contribution in [-0.2, 0) is 20.7 Å². The van der Waals surface area contributed by atoms with Crippen LogP contribution in [-0.4, -0.2) is 89.0 Å². The number of aromatic nitrogens is 3. The van der Waals surface area contributed by atoms with Crippen molar-refractivity contribution in [2.24, 2.45) is 0 Å². The molecule has 0 radical (unpaired) electrons. The van der Waals surface area contributed by atoms with Crippen molar-refractivity contribution in [2.75, 3.05) is 37.9 Å². The monoisotopic (exact) mass is 722 g/mol. The molecule has 4 atom stereocenters. The summed E-state index contributed by atoms with van der Waals surface area (Å²) in [5, 5.41) is 28.6. The van der Waals surface area contributed by atoms with Gasteiger partial charge in [0.1, 0.15) is 11.8 Å². The molecule has 6 rings (SSSR count). The van der Waals surface area contributed by atoms with Crippen molar-refractivity contribution in [1.29, 1.82) is 0 Å². The molecule has 0 bridgehead atoms. The van der Waals surface area contributed by atoms with Crippen LogP contribution in [0.25, 0.3) is 11.5 Å². The highest BCUT2D eigenvalue weighted by Gasteiger charge is 2.43. The molecule has 1 fully saturated rings. The third-order valence-electron chi connectivity index (χ3n) is 9.16. The van der Waals surface area contributed by atoms with Crippen LogP contribution in [0.5, 0.6) is 0 Å². The zero-order valence-electron chi connectivity index (χ0n) is 28.8. The van der Waals surface area contributed by atoms with Gasteiger partial charge in [-0.15, -0.1) is 10.2 Å². The van der Waals surface area contributed by atoms with E-state index in [1.165, 1.54) is 18.9 Å². The lowest BCUT2D eigenvalue weighted by Gasteiger charge is -2.38. The number of amides is 1. The summed E-state index contributed by atoms with van der Waals surface area (Å²) in [4.78, 5) is 30.0. The Morgan fingerprint density at radius 2 is 1.71 bits per heavy atom. The van der Waals surface area contributed by atoms with Crippen LogP contribution in [0.4, 0.5) is 10.5 Å². The number of rotatable bonds is 16. The van der Waals surface area contributed by atoms with Crippen LogP contribution >= 0.6 is 11.8 Å². The molecular formula is C39H42N6O6S. The van der Waals surface area contributed by atoms with Crippen molar-refractivity contribution in [3.05, 3.63) is 126 Å². The Bertz CT molecular complexity index is 1830. The summed E-state index contributed by atoms with van der Waals surface area (Å²) in [6.45, 7) is 0.609. The lowest BCUT2D eigenvalue weighted by molar-refractivity contribution is -0.113. The third-order valence-corrected chi connectivity index (χ3v) is 10.1. The zero-order chi connectivity index (χ0) is 36.2. The number of ether oxygens (including phenoxy) is 2. The van der Waals surface area contributed by atoms with Crippen molar-refractivity contribution < 1.29 is 28.6 Å². The number of carbonyl (C=O) groups excluding carboxylic acids is 2. The first-order chi connectivity index (χ1) is 25.5. The normalized spacial score (nSPS) is 18.3. The molecule has 4 N–H and O–H groups in total. The fourth-order valence-corrected chi connectivity index (χ4v) is 7.34. The topological polar surface area (TPSA) is 161 Å². The highest BCUT2D eigenvalue weighted by atomic mass is 32.2. The lowest BCUT2D eigenvalue weighted by Crippen LogP contribution is -2.58. The fraction of sp³-hybridized carbons (Fsp3) is 0.308. The van der Waals surface area contributed by atoms with Gasteiger partial charge in [0.05, 0.1) is 32.0 Å². The van der Waals surface area contributed by atoms with E-state index in [0.29, 0.717) is 36.3 Å². The number of hydrogen-bond donors (Lipinski definition) is 4. The number of benzene rings is 3. The fourth-order valence-electron chi connectivity index (χ4n) is 6.49. The van der Waals surface area contributed by atoms with Crippen LogP contribution in [0.1, 0.15) is 29.0 Å². The van der Waals surface area contributed by atoms with Crippen LogP contribution < -0.4 is 16.0 Å². The Hall–Kier alpha value is -5.08. The maximum absolute atomic E-state index is 13.2. The number of nitrogens with zero attached hydrogens (tertiary/aromatic N) is 3. The number of aliphatic hydroxyl groups excluding tert-OH is 1. The van der Waals surface area contributed by atoms with Crippen molar-refractivity contribution in [1.82, 2.24) is 25.8 Å². The summed E-state index contributed by atoms with van der Waals surface area (Å²) in [5.41, 5.74) is 3.00. The van der Waals surface area contributed by atoms with E-state index < -0.39 is 17.6 Å². The predicted molar refractivity (Wildman–Crippen MR) is 198 cm³/mol. The lowest BCUT2D eigenvalue weighted by atomic mass is 9.75. The number of aldehydes is 1. The van der Waals surface area contributed by atoms with Crippen molar-refractivity contribution in [3.8, 4) is 11.5 Å². The minimum absolute atomic E-state index is 0.0676. The molecule has 1 aliphatic rings. The molecule has 13 heteroatoms. The number of nitrogens with one attached hydrogen (secondary N) is 3. The number of carbonyl (C=O) groups is 2. The Morgan fingerprint density at radius 1 is 1.02 bits per heavy atom. The number of anilines is 1. The minimum Gasteiger partial charge on any atom is -0.453 e. The van der Waals surface area contributed by atoms with Gasteiger partial charge in [0, 0.05) is 48.4 Å². The average Bonchev–Trinajstić information content (AvgIpc) is 3.69. The van der Waals surface area contributed by atoms with E-state index in [9.17, 15) is 14.7 Å². The van der Waals surface area contributed by atoms with Gasteiger partial charge in [0.2, 0.25) is 5.89 Å². The number of morpholine rings is 1. The van der Waals surface area contributed by atoms with Crippen molar-refractivity contribution >= 4 is 29.8 Å². The molecule has 4 unspecified atom stereocenters. The standard InChI is InChI=1S/C39H42N6O6S/c1-49-37(48)43-39(26-47,35(28-11-4-2-5-12-28)29-13-6-3-7-14-29)25-42-32-15-9-8-10-27(32)16-17-31-22-41-33(23-46)34(50-31)24-52-38-45-44-36(51-38)30-18-20-40-21-19-30/h2-15,18-21,26,31,33-35,41-42,46H,16-17,22-25H2,1H3,(H,43,48). The molecule has 0 spiro atoms. The largest absolute Gasteiger partial charge is 0.453 e. The molecule has 5 aromatic rings.